The molecule has 0 bridgehead atoms. The van der Waals surface area contributed by atoms with Crippen LogP contribution in [0.4, 0.5) is 10.5 Å². The highest BCUT2D eigenvalue weighted by molar-refractivity contribution is 7.89. The Hall–Kier alpha value is -1.64. The third-order valence-electron chi connectivity index (χ3n) is 2.02. The number of hydrogen-bond donors (Lipinski definition) is 3. The molecule has 0 fully saturated rings. The third-order valence-corrected chi connectivity index (χ3v) is 3.13. The summed E-state index contributed by atoms with van der Waals surface area (Å²) in [7, 11) is -3.86. The zero-order valence-corrected chi connectivity index (χ0v) is 11.5. The van der Waals surface area contributed by atoms with Gasteiger partial charge in [0.15, 0.2) is 0 Å². The Labute approximate surface area is 115 Å². The van der Waals surface area contributed by atoms with Crippen molar-refractivity contribution in [3.8, 4) is 0 Å². The van der Waals surface area contributed by atoms with Crippen LogP contribution in [0.15, 0.2) is 29.2 Å². The fourth-order valence-electron chi connectivity index (χ4n) is 1.12. The summed E-state index contributed by atoms with van der Waals surface area (Å²) >= 11 is 5.47. The van der Waals surface area contributed by atoms with Crippen molar-refractivity contribution in [2.24, 2.45) is 5.14 Å². The minimum atomic E-state index is -3.86. The predicted octanol–water partition coefficient (Wildman–Crippen LogP) is 0.609. The molecule has 1 rings (SSSR count). The highest BCUT2D eigenvalue weighted by atomic mass is 35.5. The molecule has 4 N–H and O–H groups in total. The van der Waals surface area contributed by atoms with Gasteiger partial charge in [0.1, 0.15) is 5.38 Å². The van der Waals surface area contributed by atoms with Gasteiger partial charge in [0.05, 0.1) is 4.90 Å². The van der Waals surface area contributed by atoms with Crippen LogP contribution in [0.3, 0.4) is 0 Å². The van der Waals surface area contributed by atoms with Crippen molar-refractivity contribution in [3.05, 3.63) is 24.3 Å². The molecule has 1 unspecified atom stereocenters. The van der Waals surface area contributed by atoms with E-state index in [1.807, 2.05) is 5.32 Å². The van der Waals surface area contributed by atoms with E-state index in [4.69, 9.17) is 16.7 Å². The second-order valence-corrected chi connectivity index (χ2v) is 5.85. The molecule has 3 amide bonds. The van der Waals surface area contributed by atoms with Gasteiger partial charge < -0.3 is 5.32 Å². The fraction of sp³-hybridized carbons (Fsp3) is 0.200. The Morgan fingerprint density at radius 1 is 1.37 bits per heavy atom. The number of anilines is 1. The van der Waals surface area contributed by atoms with E-state index in [-0.39, 0.29) is 10.6 Å². The van der Waals surface area contributed by atoms with Crippen LogP contribution in [-0.2, 0) is 14.8 Å². The molecule has 0 aliphatic carbocycles. The van der Waals surface area contributed by atoms with Gasteiger partial charge in [-0.05, 0) is 25.1 Å². The Balaban J connectivity index is 2.78. The van der Waals surface area contributed by atoms with E-state index in [0.29, 0.717) is 0 Å². The van der Waals surface area contributed by atoms with Gasteiger partial charge in [-0.2, -0.15) is 0 Å². The van der Waals surface area contributed by atoms with E-state index >= 15 is 0 Å². The van der Waals surface area contributed by atoms with E-state index in [1.54, 1.807) is 0 Å². The average molecular weight is 306 g/mol. The lowest BCUT2D eigenvalue weighted by molar-refractivity contribution is -0.119. The average Bonchev–Trinajstić information content (AvgIpc) is 2.27. The van der Waals surface area contributed by atoms with Gasteiger partial charge in [0, 0.05) is 5.69 Å². The van der Waals surface area contributed by atoms with Gasteiger partial charge in [0.25, 0.3) is 0 Å². The Morgan fingerprint density at radius 2 is 2.00 bits per heavy atom. The van der Waals surface area contributed by atoms with Gasteiger partial charge in [-0.15, -0.1) is 11.6 Å². The first-order valence-corrected chi connectivity index (χ1v) is 7.07. The first-order chi connectivity index (χ1) is 8.70. The van der Waals surface area contributed by atoms with Crippen molar-refractivity contribution in [1.82, 2.24) is 5.32 Å². The molecule has 0 spiro atoms. The van der Waals surface area contributed by atoms with Crippen LogP contribution in [0, 0.1) is 0 Å². The largest absolute Gasteiger partial charge is 0.325 e. The van der Waals surface area contributed by atoms with Crippen molar-refractivity contribution in [3.63, 3.8) is 0 Å². The molecule has 7 nitrogen and oxygen atoms in total. The first kappa shape index (κ1) is 15.4. The number of nitrogens with one attached hydrogen (secondary N) is 2. The zero-order valence-electron chi connectivity index (χ0n) is 9.88. The monoisotopic (exact) mass is 305 g/mol. The number of imide groups is 1. The molecule has 0 saturated carbocycles. The number of hydrogen-bond acceptors (Lipinski definition) is 4. The predicted molar refractivity (Wildman–Crippen MR) is 70.3 cm³/mol. The Morgan fingerprint density at radius 3 is 2.53 bits per heavy atom. The van der Waals surface area contributed by atoms with Gasteiger partial charge in [-0.3, -0.25) is 10.1 Å². The summed E-state index contributed by atoms with van der Waals surface area (Å²) in [6.07, 6.45) is 0. The number of benzene rings is 1. The maximum atomic E-state index is 11.4. The Bertz CT molecular complexity index is 601. The molecule has 1 aromatic carbocycles. The summed E-state index contributed by atoms with van der Waals surface area (Å²) in [5, 5.41) is 8.36. The molecule has 1 atom stereocenters. The highest BCUT2D eigenvalue weighted by Crippen LogP contribution is 2.13. The second kappa shape index (κ2) is 6.00. The van der Waals surface area contributed by atoms with Crippen LogP contribution in [-0.4, -0.2) is 25.7 Å². The minimum absolute atomic E-state index is 0.151. The van der Waals surface area contributed by atoms with Crippen LogP contribution in [0.5, 0.6) is 0 Å². The van der Waals surface area contributed by atoms with E-state index in [0.717, 1.165) is 0 Å². The number of halogens is 1. The third kappa shape index (κ3) is 4.86. The normalized spacial score (nSPS) is 12.6. The molecule has 0 saturated heterocycles. The van der Waals surface area contributed by atoms with E-state index in [1.165, 1.54) is 31.2 Å². The van der Waals surface area contributed by atoms with Crippen molar-refractivity contribution >= 4 is 39.2 Å². The van der Waals surface area contributed by atoms with Gasteiger partial charge in [-0.1, -0.05) is 6.07 Å². The molecular formula is C10H12ClN3O4S. The number of amides is 3. The quantitative estimate of drug-likeness (QED) is 0.709. The molecule has 0 radical (unpaired) electrons. The molecule has 0 heterocycles. The summed E-state index contributed by atoms with van der Waals surface area (Å²) < 4.78 is 22.2. The number of carbonyl (C=O) groups is 2. The molecule has 0 aliphatic heterocycles. The smallest absolute Gasteiger partial charge is 0.308 e. The van der Waals surface area contributed by atoms with Crippen molar-refractivity contribution in [2.75, 3.05) is 5.32 Å². The molecule has 19 heavy (non-hydrogen) atoms. The number of carbonyl (C=O) groups excluding carboxylic acids is 2. The standard InChI is InChI=1S/C10H12ClN3O4S/c1-6(11)9(15)14-10(16)13-7-3-2-4-8(5-7)19(12,17)18/h2-6H,1H3,(H2,12,17,18)(H2,13,14,15,16). The summed E-state index contributed by atoms with van der Waals surface area (Å²) in [6, 6.07) is 4.49. The van der Waals surface area contributed by atoms with Gasteiger partial charge >= 0.3 is 6.03 Å². The summed E-state index contributed by atoms with van der Waals surface area (Å²) in [4.78, 5) is 22.4. The van der Waals surface area contributed by atoms with Crippen LogP contribution in [0.1, 0.15) is 6.92 Å². The highest BCUT2D eigenvalue weighted by Gasteiger charge is 2.14. The number of primary sulfonamides is 1. The Kier molecular flexibility index (Phi) is 4.87. The number of sulfonamides is 1. The van der Waals surface area contributed by atoms with Crippen LogP contribution < -0.4 is 15.8 Å². The molecule has 1 aromatic rings. The van der Waals surface area contributed by atoms with Crippen molar-refractivity contribution in [1.29, 1.82) is 0 Å². The van der Waals surface area contributed by atoms with E-state index < -0.39 is 27.3 Å². The van der Waals surface area contributed by atoms with Gasteiger partial charge in [0.2, 0.25) is 15.9 Å². The molecule has 104 valence electrons. The number of rotatable bonds is 3. The maximum Gasteiger partial charge on any atom is 0.325 e. The number of nitrogens with two attached hydrogens (primary N) is 1. The van der Waals surface area contributed by atoms with Crippen molar-refractivity contribution < 1.29 is 18.0 Å². The SMILES string of the molecule is CC(Cl)C(=O)NC(=O)Nc1cccc(S(N)(=O)=O)c1. The number of urea groups is 1. The summed E-state index contributed by atoms with van der Waals surface area (Å²) in [6.45, 7) is 1.41. The second-order valence-electron chi connectivity index (χ2n) is 3.63. The fourth-order valence-corrected chi connectivity index (χ4v) is 1.74. The lowest BCUT2D eigenvalue weighted by Crippen LogP contribution is -2.38. The van der Waals surface area contributed by atoms with E-state index in [2.05, 4.69) is 5.32 Å². The van der Waals surface area contributed by atoms with Gasteiger partial charge in [-0.25, -0.2) is 18.4 Å². The molecule has 0 aromatic heterocycles. The zero-order chi connectivity index (χ0) is 14.6. The molecule has 0 aliphatic rings. The molecule has 9 heteroatoms. The summed E-state index contributed by atoms with van der Waals surface area (Å²) in [5.41, 5.74) is 0.180. The van der Waals surface area contributed by atoms with Crippen LogP contribution in [0.2, 0.25) is 0 Å². The lowest BCUT2D eigenvalue weighted by Gasteiger charge is -2.08. The maximum absolute atomic E-state index is 11.4. The topological polar surface area (TPSA) is 118 Å². The van der Waals surface area contributed by atoms with E-state index in [9.17, 15) is 18.0 Å². The first-order valence-electron chi connectivity index (χ1n) is 5.09. The minimum Gasteiger partial charge on any atom is -0.308 e. The van der Waals surface area contributed by atoms with Crippen LogP contribution in [0.25, 0.3) is 0 Å². The lowest BCUT2D eigenvalue weighted by atomic mass is 10.3. The number of alkyl halides is 1. The molecular weight excluding hydrogens is 294 g/mol. The van der Waals surface area contributed by atoms with Crippen molar-refractivity contribution in [2.45, 2.75) is 17.2 Å². The summed E-state index contributed by atoms with van der Waals surface area (Å²) in [5.74, 6) is -0.665. The van der Waals surface area contributed by atoms with Crippen LogP contribution >= 0.6 is 11.6 Å².